The highest BCUT2D eigenvalue weighted by atomic mass is 32.1. The van der Waals surface area contributed by atoms with E-state index in [2.05, 4.69) is 10.6 Å². The van der Waals surface area contributed by atoms with Crippen LogP contribution in [0.1, 0.15) is 39.9 Å². The van der Waals surface area contributed by atoms with Crippen molar-refractivity contribution in [3.8, 4) is 0 Å². The van der Waals surface area contributed by atoms with Crippen molar-refractivity contribution in [1.82, 2.24) is 15.5 Å². The highest BCUT2D eigenvalue weighted by Crippen LogP contribution is 2.18. The van der Waals surface area contributed by atoms with Crippen molar-refractivity contribution in [2.45, 2.75) is 38.8 Å². The molecule has 1 aromatic heterocycles. The molecule has 1 saturated heterocycles. The van der Waals surface area contributed by atoms with Gasteiger partial charge in [0.15, 0.2) is 0 Å². The Morgan fingerprint density at radius 2 is 1.79 bits per heavy atom. The molecule has 2 N–H and O–H groups in total. The first-order valence-electron chi connectivity index (χ1n) is 9.49. The maximum atomic E-state index is 13.0. The SMILES string of the molecule is CC(=O)NCc1ccc(C(=O)NC(Cc2ccccc2)C(=O)N2CCCC2)s1. The van der Waals surface area contributed by atoms with Gasteiger partial charge < -0.3 is 15.5 Å². The van der Waals surface area contributed by atoms with E-state index in [9.17, 15) is 14.4 Å². The maximum Gasteiger partial charge on any atom is 0.262 e. The van der Waals surface area contributed by atoms with E-state index >= 15 is 0 Å². The van der Waals surface area contributed by atoms with Gasteiger partial charge in [-0.05, 0) is 30.5 Å². The van der Waals surface area contributed by atoms with Crippen LogP contribution in [-0.2, 0) is 22.6 Å². The molecule has 0 saturated carbocycles. The third-order valence-electron chi connectivity index (χ3n) is 4.70. The second-order valence-electron chi connectivity index (χ2n) is 6.92. The van der Waals surface area contributed by atoms with Crippen molar-refractivity contribution in [2.75, 3.05) is 13.1 Å². The van der Waals surface area contributed by atoms with Crippen LogP contribution >= 0.6 is 11.3 Å². The topological polar surface area (TPSA) is 78.5 Å². The number of carbonyl (C=O) groups is 3. The maximum absolute atomic E-state index is 13.0. The molecule has 3 amide bonds. The van der Waals surface area contributed by atoms with Gasteiger partial charge in [0.05, 0.1) is 11.4 Å². The van der Waals surface area contributed by atoms with Crippen LogP contribution < -0.4 is 10.6 Å². The largest absolute Gasteiger partial charge is 0.351 e. The van der Waals surface area contributed by atoms with Crippen LogP contribution in [-0.4, -0.2) is 41.8 Å². The first-order chi connectivity index (χ1) is 13.5. The van der Waals surface area contributed by atoms with Crippen molar-refractivity contribution in [3.05, 3.63) is 57.8 Å². The zero-order valence-corrected chi connectivity index (χ0v) is 16.8. The zero-order valence-electron chi connectivity index (χ0n) is 15.9. The molecule has 148 valence electrons. The second-order valence-corrected chi connectivity index (χ2v) is 8.09. The van der Waals surface area contributed by atoms with Crippen LogP contribution in [0.15, 0.2) is 42.5 Å². The number of likely N-dealkylation sites (tertiary alicyclic amines) is 1. The fraction of sp³-hybridized carbons (Fsp3) is 0.381. The van der Waals surface area contributed by atoms with Crippen LogP contribution in [0.4, 0.5) is 0 Å². The summed E-state index contributed by atoms with van der Waals surface area (Å²) < 4.78 is 0. The van der Waals surface area contributed by atoms with Gasteiger partial charge in [0, 0.05) is 31.3 Å². The lowest BCUT2D eigenvalue weighted by Gasteiger charge is -2.24. The molecule has 6 nitrogen and oxygen atoms in total. The van der Waals surface area contributed by atoms with E-state index < -0.39 is 6.04 Å². The van der Waals surface area contributed by atoms with Gasteiger partial charge in [0.1, 0.15) is 6.04 Å². The smallest absolute Gasteiger partial charge is 0.262 e. The molecule has 2 aromatic rings. The van der Waals surface area contributed by atoms with Crippen LogP contribution in [0.25, 0.3) is 0 Å². The first-order valence-corrected chi connectivity index (χ1v) is 10.3. The minimum atomic E-state index is -0.589. The van der Waals surface area contributed by atoms with E-state index in [4.69, 9.17) is 0 Å². The van der Waals surface area contributed by atoms with Crippen molar-refractivity contribution in [1.29, 1.82) is 0 Å². The van der Waals surface area contributed by atoms with Crippen molar-refractivity contribution >= 4 is 29.1 Å². The van der Waals surface area contributed by atoms with Gasteiger partial charge in [0.25, 0.3) is 5.91 Å². The van der Waals surface area contributed by atoms with Gasteiger partial charge >= 0.3 is 0 Å². The summed E-state index contributed by atoms with van der Waals surface area (Å²) in [4.78, 5) is 40.0. The van der Waals surface area contributed by atoms with Crippen molar-refractivity contribution < 1.29 is 14.4 Å². The second kappa shape index (κ2) is 9.50. The lowest BCUT2D eigenvalue weighted by molar-refractivity contribution is -0.132. The molecular weight excluding hydrogens is 374 g/mol. The minimum Gasteiger partial charge on any atom is -0.351 e. The van der Waals surface area contributed by atoms with Crippen LogP contribution in [0.3, 0.4) is 0 Å². The van der Waals surface area contributed by atoms with Crippen LogP contribution in [0.2, 0.25) is 0 Å². The Hall–Kier alpha value is -2.67. The Balaban J connectivity index is 1.70. The number of nitrogens with one attached hydrogen (secondary N) is 2. The summed E-state index contributed by atoms with van der Waals surface area (Å²) in [5.41, 5.74) is 1.01. The van der Waals surface area contributed by atoms with Crippen molar-refractivity contribution in [3.63, 3.8) is 0 Å². The van der Waals surface area contributed by atoms with Gasteiger partial charge in [-0.3, -0.25) is 14.4 Å². The number of hydrogen-bond acceptors (Lipinski definition) is 4. The fourth-order valence-corrected chi connectivity index (χ4v) is 4.09. The predicted octanol–water partition coefficient (Wildman–Crippen LogP) is 2.35. The van der Waals surface area contributed by atoms with Gasteiger partial charge in [0.2, 0.25) is 11.8 Å². The van der Waals surface area contributed by atoms with E-state index in [-0.39, 0.29) is 17.7 Å². The standard InChI is InChI=1S/C21H25N3O3S/c1-15(25)22-14-17-9-10-19(28-17)20(26)23-18(13-16-7-3-2-4-8-16)21(27)24-11-5-6-12-24/h2-4,7-10,18H,5-6,11-14H2,1H3,(H,22,25)(H,23,26). The Kier molecular flexibility index (Phi) is 6.81. The molecule has 3 rings (SSSR count). The summed E-state index contributed by atoms with van der Waals surface area (Å²) in [6.07, 6.45) is 2.48. The van der Waals surface area contributed by atoms with E-state index in [0.29, 0.717) is 17.8 Å². The number of thiophene rings is 1. The lowest BCUT2D eigenvalue weighted by atomic mass is 10.0. The van der Waals surface area contributed by atoms with E-state index in [1.165, 1.54) is 18.3 Å². The minimum absolute atomic E-state index is 0.0234. The summed E-state index contributed by atoms with van der Waals surface area (Å²) in [6.45, 7) is 3.35. The highest BCUT2D eigenvalue weighted by molar-refractivity contribution is 7.14. The molecule has 0 radical (unpaired) electrons. The van der Waals surface area contributed by atoms with Crippen LogP contribution in [0.5, 0.6) is 0 Å². The molecule has 0 spiro atoms. The van der Waals surface area contributed by atoms with E-state index in [0.717, 1.165) is 36.4 Å². The average molecular weight is 400 g/mol. The van der Waals surface area contributed by atoms with Gasteiger partial charge in [-0.1, -0.05) is 30.3 Å². The lowest BCUT2D eigenvalue weighted by Crippen LogP contribution is -2.48. The molecule has 2 heterocycles. The predicted molar refractivity (Wildman–Crippen MR) is 109 cm³/mol. The van der Waals surface area contributed by atoms with Crippen LogP contribution in [0, 0.1) is 0 Å². The normalized spacial score (nSPS) is 14.5. The Bertz CT molecular complexity index is 828. The van der Waals surface area contributed by atoms with Crippen molar-refractivity contribution in [2.24, 2.45) is 0 Å². The molecular formula is C21H25N3O3S. The fourth-order valence-electron chi connectivity index (χ4n) is 3.24. The van der Waals surface area contributed by atoms with E-state index in [1.54, 1.807) is 6.07 Å². The number of hydrogen-bond donors (Lipinski definition) is 2. The zero-order chi connectivity index (χ0) is 19.9. The molecule has 0 aliphatic carbocycles. The monoisotopic (exact) mass is 399 g/mol. The molecule has 0 bridgehead atoms. The quantitative estimate of drug-likeness (QED) is 0.750. The molecule has 7 heteroatoms. The Labute approximate surface area is 168 Å². The third-order valence-corrected chi connectivity index (χ3v) is 5.78. The third kappa shape index (κ3) is 5.42. The number of carbonyl (C=O) groups excluding carboxylic acids is 3. The Morgan fingerprint density at radius 3 is 2.46 bits per heavy atom. The van der Waals surface area contributed by atoms with Gasteiger partial charge in [-0.2, -0.15) is 0 Å². The molecule has 1 aliphatic rings. The molecule has 1 atom stereocenters. The number of nitrogens with zero attached hydrogens (tertiary/aromatic N) is 1. The molecule has 1 aromatic carbocycles. The highest BCUT2D eigenvalue weighted by Gasteiger charge is 2.28. The number of benzene rings is 1. The molecule has 1 unspecified atom stereocenters. The molecule has 1 aliphatic heterocycles. The van der Waals surface area contributed by atoms with E-state index in [1.807, 2.05) is 41.3 Å². The average Bonchev–Trinajstić information content (AvgIpc) is 3.38. The van der Waals surface area contributed by atoms with Gasteiger partial charge in [-0.15, -0.1) is 11.3 Å². The molecule has 1 fully saturated rings. The summed E-state index contributed by atoms with van der Waals surface area (Å²) in [7, 11) is 0. The molecule has 28 heavy (non-hydrogen) atoms. The summed E-state index contributed by atoms with van der Waals surface area (Å²) >= 11 is 1.32. The summed E-state index contributed by atoms with van der Waals surface area (Å²) in [5.74, 6) is -0.393. The van der Waals surface area contributed by atoms with Gasteiger partial charge in [-0.25, -0.2) is 0 Å². The summed E-state index contributed by atoms with van der Waals surface area (Å²) in [6, 6.07) is 12.7. The number of amides is 3. The number of rotatable bonds is 7. The Morgan fingerprint density at radius 1 is 1.07 bits per heavy atom. The first kappa shape index (κ1) is 20.1. The summed E-state index contributed by atoms with van der Waals surface area (Å²) in [5, 5.41) is 5.65.